The van der Waals surface area contributed by atoms with E-state index in [9.17, 15) is 0 Å². The Kier molecular flexibility index (Phi) is 4.72. The molecule has 5 nitrogen and oxygen atoms in total. The highest BCUT2D eigenvalue weighted by molar-refractivity contribution is 9.10. The molecule has 0 amide bonds. The summed E-state index contributed by atoms with van der Waals surface area (Å²) in [5.74, 6) is 1.38. The van der Waals surface area contributed by atoms with Gasteiger partial charge >= 0.3 is 0 Å². The van der Waals surface area contributed by atoms with Gasteiger partial charge in [0, 0.05) is 21.2 Å². The van der Waals surface area contributed by atoms with Crippen LogP contribution in [-0.4, -0.2) is 9.97 Å². The van der Waals surface area contributed by atoms with Crippen molar-refractivity contribution >= 4 is 37.5 Å². The zero-order valence-corrected chi connectivity index (χ0v) is 17.1. The lowest BCUT2D eigenvalue weighted by atomic mass is 10.1. The van der Waals surface area contributed by atoms with Gasteiger partial charge in [-0.15, -0.1) is 11.3 Å². The van der Waals surface area contributed by atoms with Crippen molar-refractivity contribution in [3.05, 3.63) is 81.4 Å². The second-order valence-electron chi connectivity index (χ2n) is 6.33. The molecule has 0 unspecified atom stereocenters. The van der Waals surface area contributed by atoms with Crippen molar-refractivity contribution in [3.8, 4) is 11.6 Å². The maximum atomic E-state index is 6.21. The lowest BCUT2D eigenvalue weighted by molar-refractivity contribution is -0.112. The minimum atomic E-state index is -0.434. The molecular formula is C21H15BrN2O3S. The molecule has 0 aliphatic carbocycles. The number of rotatable bonds is 4. The van der Waals surface area contributed by atoms with Crippen molar-refractivity contribution in [3.63, 3.8) is 0 Å². The normalized spacial score (nSPS) is 15.8. The van der Waals surface area contributed by atoms with Crippen LogP contribution in [0.3, 0.4) is 0 Å². The summed E-state index contributed by atoms with van der Waals surface area (Å²) in [6.07, 6.45) is 1.09. The van der Waals surface area contributed by atoms with Crippen LogP contribution in [0, 0.1) is 0 Å². The van der Waals surface area contributed by atoms with Crippen LogP contribution >= 0.6 is 27.3 Å². The van der Waals surface area contributed by atoms with Gasteiger partial charge in [0.25, 0.3) is 0 Å². The van der Waals surface area contributed by atoms with Crippen LogP contribution in [0.1, 0.15) is 23.0 Å². The van der Waals surface area contributed by atoms with Crippen LogP contribution in [0.15, 0.2) is 64.7 Å². The number of aromatic nitrogens is 2. The molecule has 5 rings (SSSR count). The molecule has 0 saturated carbocycles. The molecule has 28 heavy (non-hydrogen) atoms. The SMILES string of the molecule is Brc1cc(COc2ncnc3sccc23)c2c(c1)CO[C@H](c1ccccc1)O2. The highest BCUT2D eigenvalue weighted by Gasteiger charge is 2.25. The van der Waals surface area contributed by atoms with Crippen LogP contribution < -0.4 is 9.47 Å². The minimum absolute atomic E-state index is 0.339. The van der Waals surface area contributed by atoms with Crippen molar-refractivity contribution in [1.29, 1.82) is 0 Å². The van der Waals surface area contributed by atoms with Gasteiger partial charge in [0.15, 0.2) is 0 Å². The molecule has 0 N–H and O–H groups in total. The first kappa shape index (κ1) is 17.6. The fourth-order valence-electron chi connectivity index (χ4n) is 3.19. The minimum Gasteiger partial charge on any atom is -0.472 e. The average molecular weight is 455 g/mol. The van der Waals surface area contributed by atoms with E-state index in [0.717, 1.165) is 37.1 Å². The Balaban J connectivity index is 1.44. The third-order valence-corrected chi connectivity index (χ3v) is 5.76. The summed E-state index contributed by atoms with van der Waals surface area (Å²) in [6.45, 7) is 0.814. The van der Waals surface area contributed by atoms with Crippen LogP contribution in [0.25, 0.3) is 10.2 Å². The molecule has 1 atom stereocenters. The summed E-state index contributed by atoms with van der Waals surface area (Å²) >= 11 is 5.14. The molecular weight excluding hydrogens is 440 g/mol. The van der Waals surface area contributed by atoms with Crippen molar-refractivity contribution < 1.29 is 14.2 Å². The molecule has 1 aliphatic heterocycles. The smallest absolute Gasteiger partial charge is 0.227 e. The molecule has 4 aromatic rings. The van der Waals surface area contributed by atoms with Crippen LogP contribution in [0.2, 0.25) is 0 Å². The summed E-state index contributed by atoms with van der Waals surface area (Å²) in [5.41, 5.74) is 2.91. The van der Waals surface area contributed by atoms with Crippen molar-refractivity contribution in [1.82, 2.24) is 9.97 Å². The average Bonchev–Trinajstić information content (AvgIpc) is 3.22. The van der Waals surface area contributed by atoms with Gasteiger partial charge in [0.05, 0.1) is 12.0 Å². The predicted molar refractivity (Wildman–Crippen MR) is 110 cm³/mol. The van der Waals surface area contributed by atoms with E-state index < -0.39 is 6.29 Å². The molecule has 7 heteroatoms. The molecule has 3 heterocycles. The summed E-state index contributed by atoms with van der Waals surface area (Å²) < 4.78 is 19.1. The first-order chi connectivity index (χ1) is 13.8. The van der Waals surface area contributed by atoms with E-state index in [1.165, 1.54) is 6.33 Å². The van der Waals surface area contributed by atoms with Gasteiger partial charge in [-0.2, -0.15) is 0 Å². The molecule has 0 saturated heterocycles. The number of halogens is 1. The summed E-state index contributed by atoms with van der Waals surface area (Å²) in [7, 11) is 0. The lowest BCUT2D eigenvalue weighted by Gasteiger charge is -2.28. The highest BCUT2D eigenvalue weighted by Crippen LogP contribution is 2.38. The lowest BCUT2D eigenvalue weighted by Crippen LogP contribution is -2.19. The zero-order valence-electron chi connectivity index (χ0n) is 14.7. The van der Waals surface area contributed by atoms with Gasteiger partial charge in [-0.05, 0) is 23.6 Å². The first-order valence-electron chi connectivity index (χ1n) is 8.73. The van der Waals surface area contributed by atoms with E-state index in [1.807, 2.05) is 53.9 Å². The number of ether oxygens (including phenoxy) is 3. The van der Waals surface area contributed by atoms with Gasteiger partial charge in [0.2, 0.25) is 12.2 Å². The number of hydrogen-bond donors (Lipinski definition) is 0. The summed E-state index contributed by atoms with van der Waals surface area (Å²) in [4.78, 5) is 9.46. The number of benzene rings is 2. The largest absolute Gasteiger partial charge is 0.472 e. The van der Waals surface area contributed by atoms with E-state index in [2.05, 4.69) is 25.9 Å². The van der Waals surface area contributed by atoms with E-state index in [4.69, 9.17) is 14.2 Å². The fraction of sp³-hybridized carbons (Fsp3) is 0.143. The van der Waals surface area contributed by atoms with E-state index in [1.54, 1.807) is 11.3 Å². The second kappa shape index (κ2) is 7.50. The first-order valence-corrected chi connectivity index (χ1v) is 10.4. The quantitative estimate of drug-likeness (QED) is 0.399. The number of hydrogen-bond acceptors (Lipinski definition) is 6. The third-order valence-electron chi connectivity index (χ3n) is 4.48. The number of nitrogens with zero attached hydrogens (tertiary/aromatic N) is 2. The maximum Gasteiger partial charge on any atom is 0.227 e. The standard InChI is InChI=1S/C21H15BrN2O3S/c22-16-8-14(10-25-19-17-6-7-28-20(17)24-12-23-19)18-15(9-16)11-26-21(27-18)13-4-2-1-3-5-13/h1-9,12,21H,10-11H2/t21-/m0/s1. The van der Waals surface area contributed by atoms with Crippen molar-refractivity contribution in [2.24, 2.45) is 0 Å². The van der Waals surface area contributed by atoms with Gasteiger partial charge in [0.1, 0.15) is 23.5 Å². The Bertz CT molecular complexity index is 1130. The Morgan fingerprint density at radius 2 is 2.04 bits per heavy atom. The monoisotopic (exact) mass is 454 g/mol. The molecule has 2 aromatic carbocycles. The topological polar surface area (TPSA) is 53.5 Å². The van der Waals surface area contributed by atoms with E-state index >= 15 is 0 Å². The molecule has 0 radical (unpaired) electrons. The Morgan fingerprint density at radius 3 is 2.93 bits per heavy atom. The van der Waals surface area contributed by atoms with Gasteiger partial charge in [-0.3, -0.25) is 0 Å². The van der Waals surface area contributed by atoms with Crippen LogP contribution in [0.5, 0.6) is 11.6 Å². The van der Waals surface area contributed by atoms with Gasteiger partial charge in [-0.25, -0.2) is 9.97 Å². The van der Waals surface area contributed by atoms with Gasteiger partial charge < -0.3 is 14.2 Å². The fourth-order valence-corrected chi connectivity index (χ4v) is 4.46. The number of thiophene rings is 1. The molecule has 0 bridgehead atoms. The molecule has 2 aromatic heterocycles. The predicted octanol–water partition coefficient (Wildman–Crippen LogP) is 5.64. The van der Waals surface area contributed by atoms with Gasteiger partial charge in [-0.1, -0.05) is 46.3 Å². The molecule has 0 spiro atoms. The van der Waals surface area contributed by atoms with Crippen molar-refractivity contribution in [2.75, 3.05) is 0 Å². The summed E-state index contributed by atoms with van der Waals surface area (Å²) in [5, 5.41) is 2.90. The Labute approximate surface area is 174 Å². The second-order valence-corrected chi connectivity index (χ2v) is 8.14. The molecule has 140 valence electrons. The Morgan fingerprint density at radius 1 is 1.14 bits per heavy atom. The highest BCUT2D eigenvalue weighted by atomic mass is 79.9. The van der Waals surface area contributed by atoms with Crippen LogP contribution in [0.4, 0.5) is 0 Å². The zero-order chi connectivity index (χ0) is 18.9. The van der Waals surface area contributed by atoms with Crippen molar-refractivity contribution in [2.45, 2.75) is 19.5 Å². The third kappa shape index (κ3) is 3.37. The number of fused-ring (bicyclic) bond motifs is 2. The Hall–Kier alpha value is -2.48. The maximum absolute atomic E-state index is 6.21. The molecule has 1 aliphatic rings. The van der Waals surface area contributed by atoms with E-state index in [0.29, 0.717) is 19.1 Å². The molecule has 0 fully saturated rings. The van der Waals surface area contributed by atoms with Crippen LogP contribution in [-0.2, 0) is 18.0 Å². The van der Waals surface area contributed by atoms with E-state index in [-0.39, 0.29) is 0 Å². The summed E-state index contributed by atoms with van der Waals surface area (Å²) in [6, 6.07) is 15.9.